The minimum Gasteiger partial charge on any atom is -0.481 e. The molecule has 2 saturated carbocycles. The second-order valence-electron chi connectivity index (χ2n) is 6.08. The monoisotopic (exact) mass is 253 g/mol. The molecule has 1 amide bonds. The molecule has 1 aliphatic heterocycles. The van der Waals surface area contributed by atoms with Gasteiger partial charge in [0, 0.05) is 5.92 Å². The lowest BCUT2D eigenvalue weighted by molar-refractivity contribution is -0.149. The molecular formula is C13H19NO4. The molecular weight excluding hydrogens is 234 g/mol. The highest BCUT2D eigenvalue weighted by Crippen LogP contribution is 2.57. The molecule has 4 unspecified atom stereocenters. The Morgan fingerprint density at radius 2 is 2.00 bits per heavy atom. The SMILES string of the molecule is CC1(C(=O)O)COCC1NC(=O)C1C2CCCC21. The maximum atomic E-state index is 12.1. The van der Waals surface area contributed by atoms with Gasteiger partial charge in [0.15, 0.2) is 0 Å². The van der Waals surface area contributed by atoms with Gasteiger partial charge in [0.05, 0.1) is 19.3 Å². The van der Waals surface area contributed by atoms with Crippen molar-refractivity contribution in [2.24, 2.45) is 23.2 Å². The molecule has 0 radical (unpaired) electrons. The zero-order valence-electron chi connectivity index (χ0n) is 10.5. The molecule has 3 rings (SSSR count). The van der Waals surface area contributed by atoms with Crippen molar-refractivity contribution >= 4 is 11.9 Å². The zero-order valence-corrected chi connectivity index (χ0v) is 10.5. The van der Waals surface area contributed by atoms with Gasteiger partial charge in [-0.2, -0.15) is 0 Å². The lowest BCUT2D eigenvalue weighted by Gasteiger charge is -2.25. The summed E-state index contributed by atoms with van der Waals surface area (Å²) in [6.07, 6.45) is 3.54. The minimum atomic E-state index is -0.986. The summed E-state index contributed by atoms with van der Waals surface area (Å²) in [4.78, 5) is 23.4. The van der Waals surface area contributed by atoms with E-state index in [4.69, 9.17) is 4.74 Å². The molecule has 0 bridgehead atoms. The van der Waals surface area contributed by atoms with Crippen LogP contribution < -0.4 is 5.32 Å². The van der Waals surface area contributed by atoms with Crippen LogP contribution in [0.25, 0.3) is 0 Å². The van der Waals surface area contributed by atoms with Gasteiger partial charge in [-0.15, -0.1) is 0 Å². The topological polar surface area (TPSA) is 75.6 Å². The summed E-state index contributed by atoms with van der Waals surface area (Å²) < 4.78 is 5.23. The van der Waals surface area contributed by atoms with Crippen LogP contribution >= 0.6 is 0 Å². The molecule has 5 nitrogen and oxygen atoms in total. The fourth-order valence-corrected chi connectivity index (χ4v) is 3.56. The molecule has 1 heterocycles. The van der Waals surface area contributed by atoms with Crippen molar-refractivity contribution in [2.75, 3.05) is 13.2 Å². The molecule has 2 N–H and O–H groups in total. The van der Waals surface area contributed by atoms with Crippen LogP contribution in [0.1, 0.15) is 26.2 Å². The van der Waals surface area contributed by atoms with Crippen molar-refractivity contribution < 1.29 is 19.4 Å². The molecule has 0 aromatic carbocycles. The van der Waals surface area contributed by atoms with Crippen LogP contribution in [0, 0.1) is 23.2 Å². The molecule has 4 atom stereocenters. The highest BCUT2D eigenvalue weighted by molar-refractivity contribution is 5.84. The van der Waals surface area contributed by atoms with Crippen LogP contribution in [0.15, 0.2) is 0 Å². The number of ether oxygens (including phenoxy) is 1. The summed E-state index contributed by atoms with van der Waals surface area (Å²) in [5, 5.41) is 12.1. The van der Waals surface area contributed by atoms with Crippen molar-refractivity contribution in [1.29, 1.82) is 0 Å². The summed E-state index contributed by atoms with van der Waals surface area (Å²) >= 11 is 0. The van der Waals surface area contributed by atoms with Gasteiger partial charge < -0.3 is 15.2 Å². The first-order valence-corrected chi connectivity index (χ1v) is 6.65. The fourth-order valence-electron chi connectivity index (χ4n) is 3.56. The number of carboxylic acids is 1. The van der Waals surface area contributed by atoms with E-state index in [0.717, 1.165) is 12.8 Å². The Kier molecular flexibility index (Phi) is 2.62. The lowest BCUT2D eigenvalue weighted by Crippen LogP contribution is -2.50. The van der Waals surface area contributed by atoms with Crippen molar-refractivity contribution in [3.05, 3.63) is 0 Å². The lowest BCUT2D eigenvalue weighted by atomic mass is 9.85. The number of hydrogen-bond donors (Lipinski definition) is 2. The van der Waals surface area contributed by atoms with Gasteiger partial charge >= 0.3 is 5.97 Å². The second kappa shape index (κ2) is 3.95. The fraction of sp³-hybridized carbons (Fsp3) is 0.846. The third-order valence-corrected chi connectivity index (χ3v) is 4.97. The number of rotatable bonds is 3. The first kappa shape index (κ1) is 12.0. The number of carbonyl (C=O) groups excluding carboxylic acids is 1. The molecule has 0 aromatic heterocycles. The van der Waals surface area contributed by atoms with Crippen molar-refractivity contribution in [3.8, 4) is 0 Å². The summed E-state index contributed by atoms with van der Waals surface area (Å²) in [6, 6.07) is -0.399. The third-order valence-electron chi connectivity index (χ3n) is 4.97. The Labute approximate surface area is 106 Å². The predicted octanol–water partition coefficient (Wildman–Crippen LogP) is 0.638. The van der Waals surface area contributed by atoms with E-state index in [1.807, 2.05) is 0 Å². The van der Waals surface area contributed by atoms with Crippen molar-refractivity contribution in [1.82, 2.24) is 5.32 Å². The maximum Gasteiger partial charge on any atom is 0.313 e. The van der Waals surface area contributed by atoms with E-state index in [2.05, 4.69) is 5.32 Å². The van der Waals surface area contributed by atoms with E-state index in [-0.39, 0.29) is 18.4 Å². The molecule has 5 heteroatoms. The average molecular weight is 253 g/mol. The number of amides is 1. The minimum absolute atomic E-state index is 0.0349. The van der Waals surface area contributed by atoms with E-state index in [1.54, 1.807) is 6.92 Å². The summed E-state index contributed by atoms with van der Waals surface area (Å²) in [6.45, 7) is 2.11. The Balaban J connectivity index is 1.63. The number of nitrogens with one attached hydrogen (secondary N) is 1. The Morgan fingerprint density at radius 3 is 2.61 bits per heavy atom. The maximum absolute atomic E-state index is 12.1. The Bertz CT molecular complexity index is 386. The summed E-state index contributed by atoms with van der Waals surface area (Å²) in [5.74, 6) is 0.387. The van der Waals surface area contributed by atoms with Crippen molar-refractivity contribution in [3.63, 3.8) is 0 Å². The van der Waals surface area contributed by atoms with Gasteiger partial charge in [-0.1, -0.05) is 6.42 Å². The standard InChI is InChI=1S/C13H19NO4/c1-13(12(16)17)6-18-5-9(13)14-11(15)10-7-3-2-4-8(7)10/h7-10H,2-6H2,1H3,(H,14,15)(H,16,17). The van der Waals surface area contributed by atoms with Crippen LogP contribution in [0.2, 0.25) is 0 Å². The first-order valence-electron chi connectivity index (χ1n) is 6.65. The van der Waals surface area contributed by atoms with Gasteiger partial charge in [0.2, 0.25) is 5.91 Å². The van der Waals surface area contributed by atoms with E-state index >= 15 is 0 Å². The van der Waals surface area contributed by atoms with Gasteiger partial charge in [-0.05, 0) is 31.6 Å². The normalized spacial score (nSPS) is 45.6. The second-order valence-corrected chi connectivity index (χ2v) is 6.08. The van der Waals surface area contributed by atoms with Gasteiger partial charge in [-0.25, -0.2) is 0 Å². The van der Waals surface area contributed by atoms with E-state index in [9.17, 15) is 14.7 Å². The predicted molar refractivity (Wildman–Crippen MR) is 62.8 cm³/mol. The Morgan fingerprint density at radius 1 is 1.33 bits per heavy atom. The number of fused-ring (bicyclic) bond motifs is 1. The number of hydrogen-bond acceptors (Lipinski definition) is 3. The largest absolute Gasteiger partial charge is 0.481 e. The van der Waals surface area contributed by atoms with Crippen molar-refractivity contribution in [2.45, 2.75) is 32.2 Å². The van der Waals surface area contributed by atoms with Crippen LogP contribution in [-0.4, -0.2) is 36.2 Å². The molecule has 1 saturated heterocycles. The molecule has 3 fully saturated rings. The molecule has 0 aromatic rings. The van der Waals surface area contributed by atoms with Gasteiger partial charge in [0.1, 0.15) is 5.41 Å². The Hall–Kier alpha value is -1.10. The molecule has 18 heavy (non-hydrogen) atoms. The summed E-state index contributed by atoms with van der Waals surface area (Å²) in [5.41, 5.74) is -0.986. The van der Waals surface area contributed by atoms with Gasteiger partial charge in [-0.3, -0.25) is 9.59 Å². The van der Waals surface area contributed by atoms with Crippen LogP contribution in [-0.2, 0) is 14.3 Å². The quantitative estimate of drug-likeness (QED) is 0.774. The molecule has 3 aliphatic rings. The van der Waals surface area contributed by atoms with Crippen LogP contribution in [0.5, 0.6) is 0 Å². The highest BCUT2D eigenvalue weighted by atomic mass is 16.5. The summed E-state index contributed by atoms with van der Waals surface area (Å²) in [7, 11) is 0. The number of carbonyl (C=O) groups is 2. The highest BCUT2D eigenvalue weighted by Gasteiger charge is 2.57. The third kappa shape index (κ3) is 1.64. The van der Waals surface area contributed by atoms with E-state index in [0.29, 0.717) is 18.4 Å². The molecule has 100 valence electrons. The number of carboxylic acid groups (broad SMARTS) is 1. The van der Waals surface area contributed by atoms with Gasteiger partial charge in [0.25, 0.3) is 0 Å². The molecule has 2 aliphatic carbocycles. The van der Waals surface area contributed by atoms with Crippen LogP contribution in [0.3, 0.4) is 0 Å². The zero-order chi connectivity index (χ0) is 12.9. The first-order chi connectivity index (χ1) is 8.54. The average Bonchev–Trinajstić information content (AvgIpc) is 2.68. The smallest absolute Gasteiger partial charge is 0.313 e. The van der Waals surface area contributed by atoms with E-state index in [1.165, 1.54) is 6.42 Å². The van der Waals surface area contributed by atoms with Crippen LogP contribution in [0.4, 0.5) is 0 Å². The van der Waals surface area contributed by atoms with E-state index < -0.39 is 17.4 Å². The number of aliphatic carboxylic acids is 1. The molecule has 0 spiro atoms.